The molecule has 0 spiro atoms. The molecule has 3 nitrogen and oxygen atoms in total. The van der Waals surface area contributed by atoms with Gasteiger partial charge >= 0.3 is 0 Å². The van der Waals surface area contributed by atoms with E-state index in [1.807, 2.05) is 31.3 Å². The highest BCUT2D eigenvalue weighted by atomic mass is 35.5. The maximum atomic E-state index is 12.9. The topological polar surface area (TPSA) is 33.5 Å². The van der Waals surface area contributed by atoms with Gasteiger partial charge in [-0.2, -0.15) is 0 Å². The van der Waals surface area contributed by atoms with Gasteiger partial charge in [0.25, 0.3) is 5.91 Å². The average molecular weight is 336 g/mol. The zero-order valence-electron chi connectivity index (χ0n) is 13.1. The van der Waals surface area contributed by atoms with Crippen LogP contribution >= 0.6 is 11.6 Å². The van der Waals surface area contributed by atoms with Gasteiger partial charge < -0.3 is 10.2 Å². The summed E-state index contributed by atoms with van der Waals surface area (Å²) in [6.45, 7) is 1.65. The molecule has 2 aromatic rings. The van der Waals surface area contributed by atoms with E-state index in [0.717, 1.165) is 22.4 Å². The van der Waals surface area contributed by atoms with Crippen molar-refractivity contribution in [3.63, 3.8) is 0 Å². The number of quaternary nitrogens is 1. The second-order valence-electron chi connectivity index (χ2n) is 5.67. The molecule has 0 aromatic heterocycles. The molecule has 0 aliphatic rings. The standard InChI is InChI=1S/C18H20ClFN2O/c1-22(12-15-5-7-17(20)8-6-15)13-18(23)21-10-9-14-3-2-4-16(19)11-14/h2-8,11H,9-10,12-13H2,1H3,(H,21,23)/p+1. The van der Waals surface area contributed by atoms with Crippen molar-refractivity contribution in [3.8, 4) is 0 Å². The molecule has 0 bridgehead atoms. The molecule has 1 amide bonds. The van der Waals surface area contributed by atoms with Gasteiger partial charge in [-0.05, 0) is 36.2 Å². The molecule has 0 heterocycles. The number of halogens is 2. The Bertz CT molecular complexity index is 646. The Hall–Kier alpha value is -1.91. The molecule has 1 atom stereocenters. The van der Waals surface area contributed by atoms with Crippen molar-refractivity contribution in [1.82, 2.24) is 5.32 Å². The Labute approximate surface area is 141 Å². The van der Waals surface area contributed by atoms with Crippen molar-refractivity contribution >= 4 is 17.5 Å². The van der Waals surface area contributed by atoms with E-state index in [4.69, 9.17) is 11.6 Å². The van der Waals surface area contributed by atoms with E-state index >= 15 is 0 Å². The van der Waals surface area contributed by atoms with Gasteiger partial charge in [0, 0.05) is 17.1 Å². The van der Waals surface area contributed by atoms with Crippen LogP contribution in [0.25, 0.3) is 0 Å². The summed E-state index contributed by atoms with van der Waals surface area (Å²) in [4.78, 5) is 13.0. The first kappa shape index (κ1) is 17.4. The molecule has 2 N–H and O–H groups in total. The van der Waals surface area contributed by atoms with Crippen LogP contribution in [0.5, 0.6) is 0 Å². The number of likely N-dealkylation sites (N-methyl/N-ethyl adjacent to an activating group) is 1. The van der Waals surface area contributed by atoms with E-state index in [0.29, 0.717) is 24.7 Å². The highest BCUT2D eigenvalue weighted by Crippen LogP contribution is 2.10. The van der Waals surface area contributed by atoms with E-state index in [-0.39, 0.29) is 11.7 Å². The lowest BCUT2D eigenvalue weighted by atomic mass is 10.1. The van der Waals surface area contributed by atoms with E-state index in [1.165, 1.54) is 12.1 Å². The lowest BCUT2D eigenvalue weighted by molar-refractivity contribution is -0.885. The number of hydrogen-bond acceptors (Lipinski definition) is 1. The Morgan fingerprint density at radius 2 is 1.91 bits per heavy atom. The molecule has 0 saturated carbocycles. The van der Waals surface area contributed by atoms with Crippen molar-refractivity contribution < 1.29 is 14.1 Å². The Balaban J connectivity index is 1.70. The maximum Gasteiger partial charge on any atom is 0.275 e. The summed E-state index contributed by atoms with van der Waals surface area (Å²) >= 11 is 5.93. The van der Waals surface area contributed by atoms with Gasteiger partial charge in [0.2, 0.25) is 0 Å². The summed E-state index contributed by atoms with van der Waals surface area (Å²) < 4.78 is 12.9. The van der Waals surface area contributed by atoms with Crippen LogP contribution in [-0.2, 0) is 17.8 Å². The first-order chi connectivity index (χ1) is 11.0. The lowest BCUT2D eigenvalue weighted by Gasteiger charge is -2.14. The minimum Gasteiger partial charge on any atom is -0.351 e. The molecule has 23 heavy (non-hydrogen) atoms. The fraction of sp³-hybridized carbons (Fsp3) is 0.278. The molecular weight excluding hydrogens is 315 g/mol. The monoisotopic (exact) mass is 335 g/mol. The smallest absolute Gasteiger partial charge is 0.275 e. The Kier molecular flexibility index (Phi) is 6.56. The molecule has 2 rings (SSSR count). The SMILES string of the molecule is C[NH+](CC(=O)NCCc1cccc(Cl)c1)Cc1ccc(F)cc1. The fourth-order valence-electron chi connectivity index (χ4n) is 2.39. The van der Waals surface area contributed by atoms with Crippen LogP contribution in [0.1, 0.15) is 11.1 Å². The van der Waals surface area contributed by atoms with Crippen molar-refractivity contribution in [2.45, 2.75) is 13.0 Å². The van der Waals surface area contributed by atoms with Crippen molar-refractivity contribution in [2.24, 2.45) is 0 Å². The molecule has 2 aromatic carbocycles. The van der Waals surface area contributed by atoms with E-state index < -0.39 is 0 Å². The molecule has 0 fully saturated rings. The normalized spacial score (nSPS) is 12.0. The van der Waals surface area contributed by atoms with Crippen molar-refractivity contribution in [1.29, 1.82) is 0 Å². The van der Waals surface area contributed by atoms with Crippen LogP contribution in [0.4, 0.5) is 4.39 Å². The number of hydrogen-bond donors (Lipinski definition) is 2. The van der Waals surface area contributed by atoms with Gasteiger partial charge in [0.1, 0.15) is 12.4 Å². The molecule has 0 saturated heterocycles. The van der Waals surface area contributed by atoms with Gasteiger partial charge in [0.15, 0.2) is 6.54 Å². The summed E-state index contributed by atoms with van der Waals surface area (Å²) in [5.41, 5.74) is 2.11. The first-order valence-corrected chi connectivity index (χ1v) is 7.97. The largest absolute Gasteiger partial charge is 0.351 e. The van der Waals surface area contributed by atoms with Crippen LogP contribution < -0.4 is 10.2 Å². The third-order valence-electron chi connectivity index (χ3n) is 3.51. The molecule has 0 aliphatic heterocycles. The zero-order valence-corrected chi connectivity index (χ0v) is 13.9. The second-order valence-corrected chi connectivity index (χ2v) is 6.10. The number of carbonyl (C=O) groups is 1. The number of amides is 1. The van der Waals surface area contributed by atoms with Gasteiger partial charge in [-0.15, -0.1) is 0 Å². The van der Waals surface area contributed by atoms with Crippen LogP contribution in [0.3, 0.4) is 0 Å². The molecule has 122 valence electrons. The molecule has 0 radical (unpaired) electrons. The lowest BCUT2D eigenvalue weighted by Crippen LogP contribution is -3.08. The predicted octanol–water partition coefficient (Wildman–Crippen LogP) is 1.85. The predicted molar refractivity (Wildman–Crippen MR) is 90.0 cm³/mol. The quantitative estimate of drug-likeness (QED) is 0.795. The maximum absolute atomic E-state index is 12.9. The third-order valence-corrected chi connectivity index (χ3v) is 3.74. The first-order valence-electron chi connectivity index (χ1n) is 7.60. The van der Waals surface area contributed by atoms with E-state index in [1.54, 1.807) is 12.1 Å². The summed E-state index contributed by atoms with van der Waals surface area (Å²) in [6.07, 6.45) is 0.753. The van der Waals surface area contributed by atoms with Crippen molar-refractivity contribution in [3.05, 3.63) is 70.5 Å². The second kappa shape index (κ2) is 8.65. The third kappa shape index (κ3) is 6.38. The van der Waals surface area contributed by atoms with Gasteiger partial charge in [0.05, 0.1) is 7.05 Å². The van der Waals surface area contributed by atoms with E-state index in [2.05, 4.69) is 5.32 Å². The number of carbonyl (C=O) groups excluding carboxylic acids is 1. The van der Waals surface area contributed by atoms with Crippen LogP contribution in [-0.4, -0.2) is 26.0 Å². The number of nitrogens with one attached hydrogen (secondary N) is 2. The van der Waals surface area contributed by atoms with Gasteiger partial charge in [-0.1, -0.05) is 35.9 Å². The molecule has 1 unspecified atom stereocenters. The average Bonchev–Trinajstić information content (AvgIpc) is 2.49. The van der Waals surface area contributed by atoms with Gasteiger partial charge in [-0.3, -0.25) is 4.79 Å². The minimum absolute atomic E-state index is 0.00615. The summed E-state index contributed by atoms with van der Waals surface area (Å²) in [5.74, 6) is -0.239. The van der Waals surface area contributed by atoms with Crippen LogP contribution in [0, 0.1) is 5.82 Å². The minimum atomic E-state index is -0.245. The molecule has 0 aliphatic carbocycles. The molecule has 5 heteroatoms. The van der Waals surface area contributed by atoms with Crippen LogP contribution in [0.2, 0.25) is 5.02 Å². The zero-order chi connectivity index (χ0) is 16.7. The molecular formula is C18H21ClFN2O+. The number of benzene rings is 2. The van der Waals surface area contributed by atoms with E-state index in [9.17, 15) is 9.18 Å². The Morgan fingerprint density at radius 1 is 1.17 bits per heavy atom. The number of rotatable bonds is 7. The van der Waals surface area contributed by atoms with Gasteiger partial charge in [-0.25, -0.2) is 4.39 Å². The fourth-order valence-corrected chi connectivity index (χ4v) is 2.60. The van der Waals surface area contributed by atoms with Crippen molar-refractivity contribution in [2.75, 3.05) is 20.1 Å². The summed E-state index contributed by atoms with van der Waals surface area (Å²) in [5, 5.41) is 3.62. The highest BCUT2D eigenvalue weighted by Gasteiger charge is 2.10. The highest BCUT2D eigenvalue weighted by molar-refractivity contribution is 6.30. The summed E-state index contributed by atoms with van der Waals surface area (Å²) in [6, 6.07) is 14.0. The Morgan fingerprint density at radius 3 is 2.61 bits per heavy atom. The summed E-state index contributed by atoms with van der Waals surface area (Å²) in [7, 11) is 1.94. The van der Waals surface area contributed by atoms with Crippen LogP contribution in [0.15, 0.2) is 48.5 Å².